The van der Waals surface area contributed by atoms with Gasteiger partial charge in [-0.05, 0) is 155 Å². The van der Waals surface area contributed by atoms with E-state index in [0.717, 1.165) is 108 Å². The number of likely N-dealkylation sites (tertiary alicyclic amines) is 1. The summed E-state index contributed by atoms with van der Waals surface area (Å²) in [5, 5.41) is 56.6. The Labute approximate surface area is 582 Å². The molecule has 0 spiro atoms. The van der Waals surface area contributed by atoms with Crippen LogP contribution in [0.15, 0.2) is 151 Å². The second kappa shape index (κ2) is 31.3. The Morgan fingerprint density at radius 2 is 1.10 bits per heavy atom. The fourth-order valence-electron chi connectivity index (χ4n) is 13.7. The number of carbonyl (C=O) groups excluding carboxylic acids is 4. The van der Waals surface area contributed by atoms with Crippen molar-refractivity contribution < 1.29 is 52.4 Å². The number of ether oxygens (including phenoxy) is 5. The van der Waals surface area contributed by atoms with Crippen LogP contribution in [0.3, 0.4) is 0 Å². The molecule has 6 heterocycles. The van der Waals surface area contributed by atoms with Gasteiger partial charge in [-0.3, -0.25) is 23.9 Å². The number of carbonyl (C=O) groups is 4. The Morgan fingerprint density at radius 1 is 0.630 bits per heavy atom. The molecule has 1 unspecified atom stereocenters. The molecule has 8 aromatic rings. The number of fused-ring (bicyclic) bond motifs is 1. The van der Waals surface area contributed by atoms with Gasteiger partial charge in [-0.25, -0.2) is 9.37 Å². The van der Waals surface area contributed by atoms with Gasteiger partial charge in [0.05, 0.1) is 67.1 Å². The lowest BCUT2D eigenvalue weighted by Crippen LogP contribution is -2.50. The van der Waals surface area contributed by atoms with Crippen LogP contribution in [0, 0.1) is 63.6 Å². The quantitative estimate of drug-likeness (QED) is 0.0534. The second-order valence-corrected chi connectivity index (χ2v) is 27.0. The summed E-state index contributed by atoms with van der Waals surface area (Å²) in [5.41, 5.74) is 12.7. The molecule has 0 bridgehead atoms. The summed E-state index contributed by atoms with van der Waals surface area (Å²) in [6, 6.07) is 45.9. The molecule has 4 saturated heterocycles. The number of aryl methyl sites for hydroxylation is 1. The number of nitrogens with one attached hydrogen (secondary N) is 4. The lowest BCUT2D eigenvalue weighted by atomic mass is 10.0. The van der Waals surface area contributed by atoms with Gasteiger partial charge in [-0.2, -0.15) is 20.9 Å². The number of alkyl halides is 1. The summed E-state index contributed by atoms with van der Waals surface area (Å²) in [4.78, 5) is 55.2. The Hall–Kier alpha value is -10.3. The van der Waals surface area contributed by atoms with Gasteiger partial charge in [0.1, 0.15) is 60.4 Å². The minimum absolute atomic E-state index is 0.0208. The number of aliphatic hydroxyl groups excluding tert-OH is 1. The van der Waals surface area contributed by atoms with Crippen LogP contribution in [0.25, 0.3) is 33.4 Å². The molecule has 23 heteroatoms. The third-order valence-electron chi connectivity index (χ3n) is 19.5. The Kier molecular flexibility index (Phi) is 21.3. The molecule has 3 aliphatic carbocycles. The van der Waals surface area contributed by atoms with E-state index in [1.807, 2.05) is 133 Å². The number of anilines is 3. The zero-order valence-electron chi connectivity index (χ0n) is 55.1. The molecule has 21 nitrogen and oxygen atoms in total. The number of aromatic nitrogens is 3. The van der Waals surface area contributed by atoms with Crippen LogP contribution in [0.2, 0.25) is 0 Å². The average molecular weight is 1370 g/mol. The zero-order chi connectivity index (χ0) is 69.2. The highest BCUT2D eigenvalue weighted by molar-refractivity contribution is 7.07. The highest BCUT2D eigenvalue weighted by Crippen LogP contribution is 2.50. The van der Waals surface area contributed by atoms with Gasteiger partial charge in [0.15, 0.2) is 6.17 Å². The molecular formula is C77H76FN11O10S. The molecule has 2 aromatic heterocycles. The summed E-state index contributed by atoms with van der Waals surface area (Å²) in [7, 11) is 1.85. The van der Waals surface area contributed by atoms with E-state index in [-0.39, 0.29) is 90.3 Å². The molecule has 5 N–H and O–H groups in total. The number of nitriles is 3. The van der Waals surface area contributed by atoms with Gasteiger partial charge in [0.2, 0.25) is 23.6 Å². The first-order chi connectivity index (χ1) is 48.8. The summed E-state index contributed by atoms with van der Waals surface area (Å²) in [6.07, 6.45) is 6.91. The molecule has 3 saturated carbocycles. The first kappa shape index (κ1) is 68.2. The van der Waals surface area contributed by atoms with Crippen molar-refractivity contribution in [3.05, 3.63) is 179 Å². The van der Waals surface area contributed by atoms with E-state index >= 15 is 0 Å². The third-order valence-corrected chi connectivity index (χ3v) is 20.1. The Bertz CT molecular complexity index is 4410. The van der Waals surface area contributed by atoms with Crippen LogP contribution >= 0.6 is 11.3 Å². The van der Waals surface area contributed by atoms with Crippen molar-refractivity contribution in [1.29, 1.82) is 15.8 Å². The molecule has 100 heavy (non-hydrogen) atoms. The predicted octanol–water partition coefficient (Wildman–Crippen LogP) is 11.2. The van der Waals surface area contributed by atoms with Crippen molar-refractivity contribution in [1.82, 2.24) is 25.0 Å². The highest BCUT2D eigenvalue weighted by Gasteiger charge is 2.57. The highest BCUT2D eigenvalue weighted by atomic mass is 32.1. The monoisotopic (exact) mass is 1370 g/mol. The van der Waals surface area contributed by atoms with Gasteiger partial charge in [0, 0.05) is 98.0 Å². The number of hydrogen-bond acceptors (Lipinski definition) is 17. The number of aliphatic hydroxyl groups is 1. The Balaban J connectivity index is 0.000000135. The maximum atomic E-state index is 14.7. The number of benzene rings is 6. The van der Waals surface area contributed by atoms with E-state index in [2.05, 4.69) is 49.6 Å². The summed E-state index contributed by atoms with van der Waals surface area (Å²) >= 11 is 1.56. The molecule has 7 aliphatic rings. The number of piperidine rings is 2. The molecular weight excluding hydrogens is 1290 g/mol. The maximum absolute atomic E-state index is 14.7. The van der Waals surface area contributed by atoms with E-state index in [9.17, 15) is 39.4 Å². The molecule has 6 aromatic carbocycles. The first-order valence-electron chi connectivity index (χ1n) is 33.9. The van der Waals surface area contributed by atoms with Crippen molar-refractivity contribution in [2.75, 3.05) is 75.2 Å². The van der Waals surface area contributed by atoms with Crippen LogP contribution < -0.4 is 35.5 Å². The first-order valence-corrected chi connectivity index (χ1v) is 34.9. The van der Waals surface area contributed by atoms with Crippen molar-refractivity contribution in [3.8, 4) is 68.8 Å². The standard InChI is InChI=1S/C28H28FN5O4.C25H23N3O3S.C24H25N3O3/c1-33-14-20(13-31-33)22-11-23(22)28(37)32-21-4-2-3-17(10-21)18-5-6-25(19(9-18)12-30)38-26-7-8-34(15-24(26)29)27(36)16-35;26-13-18-10-17(4-5-24(18)31-20-6-8-30-9-7-20)16-2-1-3-19(11-16)28-25(29)22-12-21(22)23-14-32-15-27-23;25-12-17-10-16(4-5-22(17)30-19-6-8-29-9-7-19)15-2-1-3-18(11-15)27-24(28)23-20-13-26-14-21(20)23/h2-6,9-10,13-14,22-24,26,35H,7-8,11,15-16H2,1H3,(H,32,37);1-5,10-11,14-15,20-22H,6-9,12H2,(H,28,29);1-5,10-11,19-21,23,26H,6-9,13-14H2,(H,27,28)/t22-,23+,24+,26-;21-,22-;20-,21+,23?/m00./s1. The largest absolute Gasteiger partial charge is 0.489 e. The van der Waals surface area contributed by atoms with Gasteiger partial charge >= 0.3 is 0 Å². The fraction of sp³-hybridized carbons (Fsp3) is 0.364. The summed E-state index contributed by atoms with van der Waals surface area (Å²) in [5.74, 6) is 2.51. The van der Waals surface area contributed by atoms with Crippen molar-refractivity contribution in [3.63, 3.8) is 0 Å². The third kappa shape index (κ3) is 16.5. The normalized spacial score (nSPS) is 22.6. The number of nitrogens with zero attached hydrogens (tertiary/aromatic N) is 7. The zero-order valence-corrected chi connectivity index (χ0v) is 56.0. The minimum Gasteiger partial charge on any atom is -0.489 e. The molecule has 4 amide bonds. The molecule has 512 valence electrons. The van der Waals surface area contributed by atoms with Crippen LogP contribution in [-0.2, 0) is 35.7 Å². The van der Waals surface area contributed by atoms with Gasteiger partial charge in [-0.1, -0.05) is 54.6 Å². The number of amides is 4. The molecule has 7 fully saturated rings. The topological polar surface area (TPSA) is 288 Å². The van der Waals surface area contributed by atoms with Crippen molar-refractivity contribution >= 4 is 52.0 Å². The Morgan fingerprint density at radius 3 is 1.55 bits per heavy atom. The predicted molar refractivity (Wildman–Crippen MR) is 373 cm³/mol. The van der Waals surface area contributed by atoms with Crippen LogP contribution in [-0.4, -0.2) is 132 Å². The molecule has 9 atom stereocenters. The van der Waals surface area contributed by atoms with E-state index < -0.39 is 24.8 Å². The molecule has 0 radical (unpaired) electrons. The average Bonchev–Trinajstić information content (AvgIpc) is 1.59. The summed E-state index contributed by atoms with van der Waals surface area (Å²) < 4.78 is 45.1. The minimum atomic E-state index is -1.44. The van der Waals surface area contributed by atoms with Crippen LogP contribution in [0.1, 0.15) is 84.7 Å². The van der Waals surface area contributed by atoms with Crippen LogP contribution in [0.4, 0.5) is 21.5 Å². The maximum Gasteiger partial charge on any atom is 0.248 e. The van der Waals surface area contributed by atoms with Gasteiger partial charge in [-0.15, -0.1) is 11.3 Å². The van der Waals surface area contributed by atoms with Crippen LogP contribution in [0.5, 0.6) is 17.2 Å². The van der Waals surface area contributed by atoms with E-state index in [1.54, 1.807) is 40.4 Å². The number of thiazole rings is 1. The summed E-state index contributed by atoms with van der Waals surface area (Å²) in [6.45, 7) is 4.12. The van der Waals surface area contributed by atoms with Gasteiger partial charge < -0.3 is 55.0 Å². The fourth-order valence-corrected chi connectivity index (χ4v) is 14.3. The van der Waals surface area contributed by atoms with Gasteiger partial charge in [0.25, 0.3) is 0 Å². The van der Waals surface area contributed by atoms with Crippen molar-refractivity contribution in [2.24, 2.45) is 36.6 Å². The number of rotatable bonds is 18. The smallest absolute Gasteiger partial charge is 0.248 e. The SMILES string of the molecule is Cn1cc([C@@H]2C[C@H]2C(=O)Nc2cccc(-c3ccc(O[C@H]4CCN(C(=O)CO)C[C@H]4F)c(C#N)c3)c2)cn1.N#Cc1cc(-c2cccc(NC(=O)C3[C@H]4CNC[C@@H]34)c2)ccc1OC1CCOCC1.N#Cc1cc(-c2cccc(NC(=O)[C@H]3C[C@@H]3c3cscn3)c2)ccc1OC1CCOCC1. The second-order valence-electron chi connectivity index (χ2n) is 26.3. The number of hydrogen-bond donors (Lipinski definition) is 5. The van der Waals surface area contributed by atoms with E-state index in [1.165, 1.54) is 4.90 Å². The van der Waals surface area contributed by atoms with Crippen molar-refractivity contribution in [2.45, 2.75) is 81.3 Å². The lowest BCUT2D eigenvalue weighted by Gasteiger charge is -2.34. The van der Waals surface area contributed by atoms with E-state index in [0.29, 0.717) is 66.6 Å². The number of halogens is 1. The lowest BCUT2D eigenvalue weighted by molar-refractivity contribution is -0.138. The molecule has 15 rings (SSSR count). The van der Waals surface area contributed by atoms with E-state index in [4.69, 9.17) is 28.8 Å². The molecule has 4 aliphatic heterocycles.